The Bertz CT molecular complexity index is 1640. The number of rotatable bonds is 8. The van der Waals surface area contributed by atoms with Gasteiger partial charge in [0.1, 0.15) is 11.9 Å². The second kappa shape index (κ2) is 11.0. The van der Waals surface area contributed by atoms with E-state index in [9.17, 15) is 17.6 Å². The van der Waals surface area contributed by atoms with Gasteiger partial charge in [0, 0.05) is 36.7 Å². The summed E-state index contributed by atoms with van der Waals surface area (Å²) in [4.78, 5) is 18.3. The molecule has 1 aromatic heterocycles. The molecule has 11 heteroatoms. The first kappa shape index (κ1) is 26.6. The van der Waals surface area contributed by atoms with Crippen LogP contribution in [0, 0.1) is 17.1 Å². The first-order chi connectivity index (χ1) is 18.7. The minimum Gasteiger partial charge on any atom is -0.370 e. The van der Waals surface area contributed by atoms with Crippen molar-refractivity contribution < 1.29 is 17.6 Å². The van der Waals surface area contributed by atoms with Crippen LogP contribution in [0.25, 0.3) is 21.7 Å². The highest BCUT2D eigenvalue weighted by Crippen LogP contribution is 2.23. The monoisotopic (exact) mass is 550 g/mol. The molecule has 3 aromatic carbocycles. The number of amides is 1. The lowest BCUT2D eigenvalue weighted by molar-refractivity contribution is -0.122. The fourth-order valence-corrected chi connectivity index (χ4v) is 6.37. The molecule has 2 unspecified atom stereocenters. The normalized spacial score (nSPS) is 16.8. The average Bonchev–Trinajstić information content (AvgIpc) is 3.32. The van der Waals surface area contributed by atoms with Crippen LogP contribution in [0.4, 0.5) is 4.39 Å². The van der Waals surface area contributed by atoms with Gasteiger partial charge in [-0.2, -0.15) is 4.72 Å². The zero-order chi connectivity index (χ0) is 27.6. The van der Waals surface area contributed by atoms with Crippen molar-refractivity contribution in [1.29, 1.82) is 5.41 Å². The summed E-state index contributed by atoms with van der Waals surface area (Å²) in [6.45, 7) is 1.56. The van der Waals surface area contributed by atoms with Crippen molar-refractivity contribution in [2.24, 2.45) is 11.7 Å². The predicted octanol–water partition coefficient (Wildman–Crippen LogP) is 3.07. The minimum absolute atomic E-state index is 0.00128. The average molecular weight is 551 g/mol. The van der Waals surface area contributed by atoms with Gasteiger partial charge >= 0.3 is 0 Å². The van der Waals surface area contributed by atoms with Gasteiger partial charge < -0.3 is 20.9 Å². The molecule has 0 bridgehead atoms. The summed E-state index contributed by atoms with van der Waals surface area (Å²) in [6, 6.07) is 15.4. The Hall–Kier alpha value is -3.96. The molecular formula is C28H31FN6O3S. The smallest absolute Gasteiger partial charge is 0.241 e. The summed E-state index contributed by atoms with van der Waals surface area (Å²) in [6.07, 6.45) is 3.39. The number of benzene rings is 3. The Kier molecular flexibility index (Phi) is 7.53. The van der Waals surface area contributed by atoms with E-state index in [1.165, 1.54) is 18.2 Å². The number of guanidine groups is 1. The molecule has 0 spiro atoms. The van der Waals surface area contributed by atoms with Gasteiger partial charge in [-0.05, 0) is 71.8 Å². The van der Waals surface area contributed by atoms with Crippen molar-refractivity contribution in [2.45, 2.75) is 30.2 Å². The van der Waals surface area contributed by atoms with Crippen LogP contribution >= 0.6 is 0 Å². The number of carbonyl (C=O) groups excluding carboxylic acids is 1. The maximum atomic E-state index is 14.0. The van der Waals surface area contributed by atoms with Crippen molar-refractivity contribution in [2.75, 3.05) is 19.6 Å². The number of nitrogens with one attached hydrogen (secondary N) is 4. The number of halogens is 1. The maximum absolute atomic E-state index is 14.0. The summed E-state index contributed by atoms with van der Waals surface area (Å²) in [5.41, 5.74) is 6.95. The Morgan fingerprint density at radius 3 is 2.74 bits per heavy atom. The lowest BCUT2D eigenvalue weighted by Crippen LogP contribution is -2.51. The van der Waals surface area contributed by atoms with Gasteiger partial charge in [0.05, 0.1) is 4.90 Å². The van der Waals surface area contributed by atoms with Gasteiger partial charge in [0.25, 0.3) is 0 Å². The first-order valence-corrected chi connectivity index (χ1v) is 14.3. The molecule has 204 valence electrons. The number of H-pyrrole nitrogens is 1. The molecule has 0 aliphatic carbocycles. The predicted molar refractivity (Wildman–Crippen MR) is 149 cm³/mol. The van der Waals surface area contributed by atoms with Crippen LogP contribution in [-0.2, 0) is 21.2 Å². The van der Waals surface area contributed by atoms with Crippen molar-refractivity contribution >= 4 is 43.6 Å². The van der Waals surface area contributed by atoms with Gasteiger partial charge in [-0.3, -0.25) is 10.2 Å². The number of aromatic nitrogens is 1. The van der Waals surface area contributed by atoms with E-state index in [0.717, 1.165) is 23.6 Å². The molecule has 2 atom stereocenters. The van der Waals surface area contributed by atoms with Crippen LogP contribution in [0.15, 0.2) is 71.8 Å². The van der Waals surface area contributed by atoms with Crippen molar-refractivity contribution in [3.63, 3.8) is 0 Å². The third kappa shape index (κ3) is 6.04. The molecule has 1 amide bonds. The fraction of sp³-hybridized carbons (Fsp3) is 0.286. The summed E-state index contributed by atoms with van der Waals surface area (Å²) < 4.78 is 43.5. The van der Waals surface area contributed by atoms with Gasteiger partial charge in [0.15, 0.2) is 5.96 Å². The number of carbonyl (C=O) groups is 1. The number of likely N-dealkylation sites (tertiary alicyclic amines) is 1. The SMILES string of the molecule is N=C(N)N1CCCC(CNC(=O)C(Cc2c[nH]c3ccc(F)cc23)NS(=O)(=O)c2ccc3ccccc3c2)C1. The maximum Gasteiger partial charge on any atom is 0.241 e. The lowest BCUT2D eigenvalue weighted by atomic mass is 9.98. The zero-order valence-corrected chi connectivity index (χ0v) is 22.1. The van der Waals surface area contributed by atoms with E-state index in [0.29, 0.717) is 36.1 Å². The van der Waals surface area contributed by atoms with Gasteiger partial charge in [0.2, 0.25) is 15.9 Å². The number of hydrogen-bond acceptors (Lipinski definition) is 4. The molecule has 1 aliphatic heterocycles. The highest BCUT2D eigenvalue weighted by atomic mass is 32.2. The quantitative estimate of drug-likeness (QED) is 0.169. The minimum atomic E-state index is -4.07. The highest BCUT2D eigenvalue weighted by Gasteiger charge is 2.29. The van der Waals surface area contributed by atoms with Gasteiger partial charge in [-0.15, -0.1) is 0 Å². The number of sulfonamides is 1. The molecule has 5 rings (SSSR count). The molecule has 1 aliphatic rings. The molecule has 6 N–H and O–H groups in total. The number of aromatic amines is 1. The topological polar surface area (TPSA) is 144 Å². The molecule has 39 heavy (non-hydrogen) atoms. The van der Waals surface area contributed by atoms with E-state index in [4.69, 9.17) is 11.1 Å². The van der Waals surface area contributed by atoms with Crippen LogP contribution in [-0.4, -0.2) is 55.8 Å². The molecular weight excluding hydrogens is 519 g/mol. The summed E-state index contributed by atoms with van der Waals surface area (Å²) in [5, 5.41) is 12.8. The van der Waals surface area contributed by atoms with Crippen molar-refractivity contribution in [3.05, 3.63) is 78.2 Å². The van der Waals surface area contributed by atoms with Crippen LogP contribution < -0.4 is 15.8 Å². The van der Waals surface area contributed by atoms with E-state index >= 15 is 0 Å². The van der Waals surface area contributed by atoms with Gasteiger partial charge in [-0.1, -0.05) is 30.3 Å². The summed E-state index contributed by atoms with van der Waals surface area (Å²) >= 11 is 0. The summed E-state index contributed by atoms with van der Waals surface area (Å²) in [7, 11) is -4.07. The Balaban J connectivity index is 1.39. The standard InChI is InChI=1S/C28H31FN6O3S/c29-22-8-10-25-24(14-22)21(16-32-25)13-26(27(36)33-15-18-4-3-11-35(17-18)28(30)31)34-39(37,38)23-9-7-19-5-1-2-6-20(19)12-23/h1-2,5-10,12,14,16,18,26,32,34H,3-4,11,13,15,17H2,(H3,30,31)(H,33,36). The number of nitrogens with zero attached hydrogens (tertiary/aromatic N) is 1. The number of fused-ring (bicyclic) bond motifs is 2. The van der Waals surface area contributed by atoms with E-state index in [-0.39, 0.29) is 23.2 Å². The first-order valence-electron chi connectivity index (χ1n) is 12.8. The van der Waals surface area contributed by atoms with Crippen molar-refractivity contribution in [1.82, 2.24) is 19.9 Å². The molecule has 0 radical (unpaired) electrons. The number of nitrogens with two attached hydrogens (primary N) is 1. The molecule has 1 saturated heterocycles. The highest BCUT2D eigenvalue weighted by molar-refractivity contribution is 7.89. The lowest BCUT2D eigenvalue weighted by Gasteiger charge is -2.33. The largest absolute Gasteiger partial charge is 0.370 e. The molecule has 1 fully saturated rings. The molecule has 2 heterocycles. The van der Waals surface area contributed by atoms with Gasteiger partial charge in [-0.25, -0.2) is 12.8 Å². The molecule has 4 aromatic rings. The van der Waals surface area contributed by atoms with Crippen LogP contribution in [0.3, 0.4) is 0 Å². The Labute approximate surface area is 226 Å². The van der Waals surface area contributed by atoms with Crippen LogP contribution in [0.1, 0.15) is 18.4 Å². The van der Waals surface area contributed by atoms with E-state index in [1.807, 2.05) is 24.3 Å². The Morgan fingerprint density at radius 1 is 1.15 bits per heavy atom. The van der Waals surface area contributed by atoms with Crippen LogP contribution in [0.5, 0.6) is 0 Å². The number of piperidine rings is 1. The third-order valence-electron chi connectivity index (χ3n) is 7.22. The second-order valence-electron chi connectivity index (χ2n) is 9.98. The third-order valence-corrected chi connectivity index (χ3v) is 8.69. The van der Waals surface area contributed by atoms with Crippen molar-refractivity contribution in [3.8, 4) is 0 Å². The summed E-state index contributed by atoms with van der Waals surface area (Å²) in [5.74, 6) is -0.830. The molecule has 9 nitrogen and oxygen atoms in total. The van der Waals surface area contributed by atoms with Crippen LogP contribution in [0.2, 0.25) is 0 Å². The zero-order valence-electron chi connectivity index (χ0n) is 21.3. The molecule has 0 saturated carbocycles. The fourth-order valence-electron chi connectivity index (χ4n) is 5.14. The van der Waals surface area contributed by atoms with E-state index < -0.39 is 27.8 Å². The second-order valence-corrected chi connectivity index (χ2v) is 11.7. The number of hydrogen-bond donors (Lipinski definition) is 5. The van der Waals surface area contributed by atoms with E-state index in [2.05, 4.69) is 15.0 Å². The van der Waals surface area contributed by atoms with E-state index in [1.54, 1.807) is 29.3 Å². The Morgan fingerprint density at radius 2 is 1.95 bits per heavy atom.